The van der Waals surface area contributed by atoms with Crippen LogP contribution in [0.4, 0.5) is 11.4 Å². The number of anilines is 2. The van der Waals surface area contributed by atoms with Gasteiger partial charge in [0.15, 0.2) is 6.10 Å². The van der Waals surface area contributed by atoms with E-state index in [0.717, 1.165) is 0 Å². The Kier molecular flexibility index (Phi) is 4.68. The Morgan fingerprint density at radius 1 is 1.00 bits per heavy atom. The van der Waals surface area contributed by atoms with E-state index in [4.69, 9.17) is 9.47 Å². The quantitative estimate of drug-likeness (QED) is 0.707. The van der Waals surface area contributed by atoms with Crippen LogP contribution < -0.4 is 20.1 Å². The largest absolute Gasteiger partial charge is 0.479 e. The highest BCUT2D eigenvalue weighted by molar-refractivity contribution is 6.05. The molecule has 2 N–H and O–H groups in total. The van der Waals surface area contributed by atoms with Gasteiger partial charge in [-0.15, -0.1) is 0 Å². The molecule has 3 aromatic carbocycles. The number of hydrogen-bond acceptors (Lipinski definition) is 4. The molecule has 140 valence electrons. The Hall–Kier alpha value is -3.80. The highest BCUT2D eigenvalue weighted by atomic mass is 16.5. The number of carbonyl (C=O) groups is 2. The molecule has 0 fully saturated rings. The fourth-order valence-electron chi connectivity index (χ4n) is 2.82. The van der Waals surface area contributed by atoms with Crippen LogP contribution in [0.2, 0.25) is 0 Å². The van der Waals surface area contributed by atoms with E-state index in [0.29, 0.717) is 34.2 Å². The summed E-state index contributed by atoms with van der Waals surface area (Å²) in [4.78, 5) is 24.4. The van der Waals surface area contributed by atoms with Crippen LogP contribution in [0.1, 0.15) is 17.3 Å². The van der Waals surface area contributed by atoms with Crippen molar-refractivity contribution < 1.29 is 19.1 Å². The van der Waals surface area contributed by atoms with E-state index < -0.39 is 6.10 Å². The smallest absolute Gasteiger partial charge is 0.265 e. The average molecular weight is 374 g/mol. The summed E-state index contributed by atoms with van der Waals surface area (Å²) in [7, 11) is 0. The summed E-state index contributed by atoms with van der Waals surface area (Å²) in [5, 5.41) is 5.59. The molecule has 1 aliphatic heterocycles. The highest BCUT2D eigenvalue weighted by Gasteiger charge is 2.23. The number of fused-ring (bicyclic) bond motifs is 1. The van der Waals surface area contributed by atoms with E-state index in [9.17, 15) is 9.59 Å². The molecule has 28 heavy (non-hydrogen) atoms. The molecule has 3 aromatic rings. The van der Waals surface area contributed by atoms with E-state index >= 15 is 0 Å². The lowest BCUT2D eigenvalue weighted by Crippen LogP contribution is -2.34. The van der Waals surface area contributed by atoms with Gasteiger partial charge in [-0.25, -0.2) is 0 Å². The second-order valence-corrected chi connectivity index (χ2v) is 6.36. The fraction of sp³-hybridized carbons (Fsp3) is 0.0909. The summed E-state index contributed by atoms with van der Waals surface area (Å²) < 4.78 is 11.3. The molecule has 1 aliphatic rings. The molecular weight excluding hydrogens is 356 g/mol. The van der Waals surface area contributed by atoms with Gasteiger partial charge < -0.3 is 20.1 Å². The normalized spacial score (nSPS) is 15.0. The van der Waals surface area contributed by atoms with Crippen molar-refractivity contribution in [3.8, 4) is 17.2 Å². The van der Waals surface area contributed by atoms with Crippen molar-refractivity contribution in [3.05, 3.63) is 78.4 Å². The first-order valence-electron chi connectivity index (χ1n) is 8.84. The van der Waals surface area contributed by atoms with Crippen molar-refractivity contribution in [3.63, 3.8) is 0 Å². The van der Waals surface area contributed by atoms with Crippen LogP contribution >= 0.6 is 0 Å². The fourth-order valence-corrected chi connectivity index (χ4v) is 2.82. The lowest BCUT2D eigenvalue weighted by molar-refractivity contribution is -0.122. The molecule has 0 radical (unpaired) electrons. The summed E-state index contributed by atoms with van der Waals surface area (Å²) in [6.45, 7) is 1.68. The van der Waals surface area contributed by atoms with E-state index in [1.807, 2.05) is 30.3 Å². The van der Waals surface area contributed by atoms with E-state index in [-0.39, 0.29) is 11.8 Å². The first-order chi connectivity index (χ1) is 13.6. The minimum atomic E-state index is -0.541. The Bertz CT molecular complexity index is 1030. The highest BCUT2D eigenvalue weighted by Crippen LogP contribution is 2.32. The number of amides is 2. The third-order valence-corrected chi connectivity index (χ3v) is 4.24. The first kappa shape index (κ1) is 17.6. The van der Waals surface area contributed by atoms with Gasteiger partial charge in [0.2, 0.25) is 0 Å². The maximum absolute atomic E-state index is 12.6. The van der Waals surface area contributed by atoms with E-state index in [1.54, 1.807) is 49.4 Å². The van der Waals surface area contributed by atoms with Crippen LogP contribution in [-0.4, -0.2) is 17.9 Å². The second-order valence-electron chi connectivity index (χ2n) is 6.36. The monoisotopic (exact) mass is 374 g/mol. The number of hydrogen-bond donors (Lipinski definition) is 2. The van der Waals surface area contributed by atoms with E-state index in [1.165, 1.54) is 0 Å². The number of para-hydroxylation sites is 1. The SMILES string of the molecule is C[C@@H]1Oc2ccc(NC(=O)c3cccc(Oc4ccccc4)c3)cc2NC1=O. The predicted molar refractivity (Wildman–Crippen MR) is 106 cm³/mol. The molecule has 0 spiro atoms. The molecule has 2 amide bonds. The van der Waals surface area contributed by atoms with Gasteiger partial charge in [-0.3, -0.25) is 9.59 Å². The summed E-state index contributed by atoms with van der Waals surface area (Å²) >= 11 is 0. The lowest BCUT2D eigenvalue weighted by atomic mass is 10.1. The average Bonchev–Trinajstić information content (AvgIpc) is 2.70. The van der Waals surface area contributed by atoms with Crippen molar-refractivity contribution in [2.45, 2.75) is 13.0 Å². The predicted octanol–water partition coefficient (Wildman–Crippen LogP) is 4.45. The van der Waals surface area contributed by atoms with Gasteiger partial charge >= 0.3 is 0 Å². The molecule has 4 rings (SSSR count). The van der Waals surface area contributed by atoms with Crippen molar-refractivity contribution >= 4 is 23.2 Å². The Morgan fingerprint density at radius 2 is 1.79 bits per heavy atom. The van der Waals surface area contributed by atoms with Crippen molar-refractivity contribution in [2.75, 3.05) is 10.6 Å². The van der Waals surface area contributed by atoms with Crippen LogP contribution in [0.5, 0.6) is 17.2 Å². The molecule has 6 heteroatoms. The molecular formula is C22H18N2O4. The second kappa shape index (κ2) is 7.44. The molecule has 6 nitrogen and oxygen atoms in total. The van der Waals surface area contributed by atoms with E-state index in [2.05, 4.69) is 10.6 Å². The van der Waals surface area contributed by atoms with Crippen LogP contribution in [-0.2, 0) is 4.79 Å². The van der Waals surface area contributed by atoms with Crippen LogP contribution in [0.3, 0.4) is 0 Å². The zero-order valence-corrected chi connectivity index (χ0v) is 15.1. The summed E-state index contributed by atoms with van der Waals surface area (Å²) in [5.74, 6) is 1.33. The zero-order valence-electron chi connectivity index (χ0n) is 15.1. The zero-order chi connectivity index (χ0) is 19.5. The van der Waals surface area contributed by atoms with Gasteiger partial charge in [-0.1, -0.05) is 24.3 Å². The van der Waals surface area contributed by atoms with Gasteiger partial charge in [0.1, 0.15) is 17.2 Å². The Balaban J connectivity index is 1.49. The topological polar surface area (TPSA) is 76.7 Å². The van der Waals surface area contributed by atoms with Crippen LogP contribution in [0, 0.1) is 0 Å². The van der Waals surface area contributed by atoms with Crippen molar-refractivity contribution in [1.82, 2.24) is 0 Å². The van der Waals surface area contributed by atoms with Crippen LogP contribution in [0.15, 0.2) is 72.8 Å². The standard InChI is InChI=1S/C22H18N2O4/c1-14-21(25)24-19-13-16(10-11-20(19)27-14)23-22(26)15-6-5-9-18(12-15)28-17-7-3-2-4-8-17/h2-14H,1H3,(H,23,26)(H,24,25)/t14-/m0/s1. The lowest BCUT2D eigenvalue weighted by Gasteiger charge is -2.23. The number of carbonyl (C=O) groups excluding carboxylic acids is 2. The molecule has 0 aliphatic carbocycles. The number of nitrogens with one attached hydrogen (secondary N) is 2. The van der Waals surface area contributed by atoms with Gasteiger partial charge in [0.25, 0.3) is 11.8 Å². The van der Waals surface area contributed by atoms with Gasteiger partial charge in [-0.2, -0.15) is 0 Å². The maximum atomic E-state index is 12.6. The molecule has 0 saturated carbocycles. The Labute approximate surface area is 162 Å². The maximum Gasteiger partial charge on any atom is 0.265 e. The summed E-state index contributed by atoms with van der Waals surface area (Å²) in [6.07, 6.45) is -0.541. The molecule has 0 saturated heterocycles. The number of ether oxygens (including phenoxy) is 2. The van der Waals surface area contributed by atoms with Gasteiger partial charge in [-0.05, 0) is 55.5 Å². The molecule has 1 heterocycles. The third-order valence-electron chi connectivity index (χ3n) is 4.24. The molecule has 1 atom stereocenters. The molecule has 0 bridgehead atoms. The van der Waals surface area contributed by atoms with Gasteiger partial charge in [0, 0.05) is 11.3 Å². The Morgan fingerprint density at radius 3 is 2.61 bits per heavy atom. The van der Waals surface area contributed by atoms with Crippen molar-refractivity contribution in [2.24, 2.45) is 0 Å². The molecule has 0 unspecified atom stereocenters. The van der Waals surface area contributed by atoms with Gasteiger partial charge in [0.05, 0.1) is 5.69 Å². The number of rotatable bonds is 4. The number of benzene rings is 3. The van der Waals surface area contributed by atoms with Crippen LogP contribution in [0.25, 0.3) is 0 Å². The first-order valence-corrected chi connectivity index (χ1v) is 8.84. The minimum Gasteiger partial charge on any atom is -0.479 e. The molecule has 0 aromatic heterocycles. The summed E-state index contributed by atoms with van der Waals surface area (Å²) in [5.41, 5.74) is 1.54. The summed E-state index contributed by atoms with van der Waals surface area (Å²) in [6, 6.07) is 21.4. The third kappa shape index (κ3) is 3.81. The minimum absolute atomic E-state index is 0.221. The van der Waals surface area contributed by atoms with Crippen molar-refractivity contribution in [1.29, 1.82) is 0 Å².